The van der Waals surface area contributed by atoms with Crippen LogP contribution >= 0.6 is 0 Å². The molecule has 172 valence electrons. The first-order valence-electron chi connectivity index (χ1n) is 12.6. The standard InChI is InChI=1S/C26H46N2O2/c1-3-4-5-6-7-8-9-10-11-12-13-14-15-16-17-20-23-27(2)24-25-21-18-19-22-26(25)28(29)30/h18-19,21-22H,3-17,20,23-24H2,1-2H3. The van der Waals surface area contributed by atoms with Crippen LogP contribution in [0.25, 0.3) is 0 Å². The minimum absolute atomic E-state index is 0.233. The molecule has 0 aliphatic carbocycles. The van der Waals surface area contributed by atoms with Crippen LogP contribution in [0.4, 0.5) is 5.69 Å². The van der Waals surface area contributed by atoms with Crippen LogP contribution < -0.4 is 0 Å². The zero-order valence-electron chi connectivity index (χ0n) is 19.7. The van der Waals surface area contributed by atoms with Gasteiger partial charge in [-0.15, -0.1) is 0 Å². The van der Waals surface area contributed by atoms with Crippen molar-refractivity contribution in [3.8, 4) is 0 Å². The quantitative estimate of drug-likeness (QED) is 0.121. The molecule has 0 spiro atoms. The van der Waals surface area contributed by atoms with Gasteiger partial charge in [-0.25, -0.2) is 0 Å². The molecule has 4 heteroatoms. The van der Waals surface area contributed by atoms with Crippen LogP contribution in [0.2, 0.25) is 0 Å². The molecule has 0 aliphatic rings. The van der Waals surface area contributed by atoms with E-state index in [4.69, 9.17) is 0 Å². The van der Waals surface area contributed by atoms with Crippen molar-refractivity contribution in [1.29, 1.82) is 0 Å². The Morgan fingerprint density at radius 2 is 1.17 bits per heavy atom. The van der Waals surface area contributed by atoms with Crippen molar-refractivity contribution in [2.24, 2.45) is 0 Å². The van der Waals surface area contributed by atoms with Crippen molar-refractivity contribution in [2.75, 3.05) is 13.6 Å². The third kappa shape index (κ3) is 13.7. The smallest absolute Gasteiger partial charge is 0.273 e. The van der Waals surface area contributed by atoms with Crippen molar-refractivity contribution in [1.82, 2.24) is 4.90 Å². The van der Waals surface area contributed by atoms with E-state index in [1.807, 2.05) is 12.1 Å². The zero-order valence-corrected chi connectivity index (χ0v) is 19.7. The summed E-state index contributed by atoms with van der Waals surface area (Å²) in [6, 6.07) is 7.07. The maximum absolute atomic E-state index is 11.1. The predicted molar refractivity (Wildman–Crippen MR) is 129 cm³/mol. The number of nitro groups is 1. The van der Waals surface area contributed by atoms with E-state index < -0.39 is 0 Å². The molecule has 0 unspecified atom stereocenters. The summed E-state index contributed by atoms with van der Waals surface area (Å²) >= 11 is 0. The van der Waals surface area contributed by atoms with E-state index in [-0.39, 0.29) is 10.6 Å². The third-order valence-electron chi connectivity index (χ3n) is 6.02. The van der Waals surface area contributed by atoms with Crippen LogP contribution in [-0.2, 0) is 6.54 Å². The van der Waals surface area contributed by atoms with Gasteiger partial charge >= 0.3 is 0 Å². The van der Waals surface area contributed by atoms with Gasteiger partial charge in [0.15, 0.2) is 0 Å². The fourth-order valence-corrected chi connectivity index (χ4v) is 4.12. The number of hydrogen-bond acceptors (Lipinski definition) is 3. The van der Waals surface area contributed by atoms with Gasteiger partial charge in [-0.1, -0.05) is 121 Å². The highest BCUT2D eigenvalue weighted by atomic mass is 16.6. The Hall–Kier alpha value is -1.42. The van der Waals surface area contributed by atoms with Gasteiger partial charge in [0.05, 0.1) is 4.92 Å². The summed E-state index contributed by atoms with van der Waals surface area (Å²) < 4.78 is 0. The molecule has 1 aromatic carbocycles. The van der Waals surface area contributed by atoms with Crippen LogP contribution in [0.5, 0.6) is 0 Å². The molecule has 1 aromatic rings. The molecule has 30 heavy (non-hydrogen) atoms. The average molecular weight is 419 g/mol. The van der Waals surface area contributed by atoms with E-state index in [0.717, 1.165) is 12.1 Å². The van der Waals surface area contributed by atoms with Crippen LogP contribution in [0.3, 0.4) is 0 Å². The summed E-state index contributed by atoms with van der Waals surface area (Å²) in [6.07, 6.45) is 22.1. The molecular weight excluding hydrogens is 372 g/mol. The van der Waals surface area contributed by atoms with Crippen molar-refractivity contribution in [3.05, 3.63) is 39.9 Å². The van der Waals surface area contributed by atoms with Crippen molar-refractivity contribution >= 4 is 5.69 Å². The lowest BCUT2D eigenvalue weighted by Gasteiger charge is -2.16. The topological polar surface area (TPSA) is 46.4 Å². The van der Waals surface area contributed by atoms with Gasteiger partial charge in [0.2, 0.25) is 0 Å². The summed E-state index contributed by atoms with van der Waals surface area (Å²) in [5, 5.41) is 11.1. The summed E-state index contributed by atoms with van der Waals surface area (Å²) in [4.78, 5) is 13.0. The van der Waals surface area contributed by atoms with Crippen LogP contribution in [0.1, 0.15) is 115 Å². The lowest BCUT2D eigenvalue weighted by molar-refractivity contribution is -0.385. The fourth-order valence-electron chi connectivity index (χ4n) is 4.12. The lowest BCUT2D eigenvalue weighted by Crippen LogP contribution is -2.19. The maximum Gasteiger partial charge on any atom is 0.273 e. The molecule has 0 heterocycles. The number of benzene rings is 1. The van der Waals surface area contributed by atoms with E-state index >= 15 is 0 Å². The number of nitro benzene ring substituents is 1. The molecule has 0 atom stereocenters. The highest BCUT2D eigenvalue weighted by molar-refractivity contribution is 5.39. The van der Waals surface area contributed by atoms with Gasteiger partial charge in [0.1, 0.15) is 0 Å². The Morgan fingerprint density at radius 1 is 0.733 bits per heavy atom. The van der Waals surface area contributed by atoms with Gasteiger partial charge < -0.3 is 4.90 Å². The highest BCUT2D eigenvalue weighted by Crippen LogP contribution is 2.19. The molecule has 0 radical (unpaired) electrons. The van der Waals surface area contributed by atoms with Gasteiger partial charge in [-0.3, -0.25) is 10.1 Å². The Morgan fingerprint density at radius 3 is 1.63 bits per heavy atom. The fraction of sp³-hybridized carbons (Fsp3) is 0.769. The van der Waals surface area contributed by atoms with Crippen LogP contribution in [0, 0.1) is 10.1 Å². The number of unbranched alkanes of at least 4 members (excludes halogenated alkanes) is 15. The van der Waals surface area contributed by atoms with Crippen molar-refractivity contribution < 1.29 is 4.92 Å². The molecule has 0 saturated heterocycles. The largest absolute Gasteiger partial charge is 0.302 e. The second kappa shape index (κ2) is 18.4. The minimum Gasteiger partial charge on any atom is -0.302 e. The van der Waals surface area contributed by atoms with Crippen molar-refractivity contribution in [3.63, 3.8) is 0 Å². The predicted octanol–water partition coefficient (Wildman–Crippen LogP) is 8.29. The highest BCUT2D eigenvalue weighted by Gasteiger charge is 2.13. The normalized spacial score (nSPS) is 11.3. The molecule has 1 rings (SSSR count). The molecule has 0 saturated carbocycles. The Labute approximate surface area is 185 Å². The van der Waals surface area contributed by atoms with Crippen LogP contribution in [0.15, 0.2) is 24.3 Å². The molecule has 0 aliphatic heterocycles. The molecule has 0 fully saturated rings. The van der Waals surface area contributed by atoms with E-state index in [2.05, 4.69) is 18.9 Å². The van der Waals surface area contributed by atoms with E-state index in [1.54, 1.807) is 12.1 Å². The molecular formula is C26H46N2O2. The Balaban J connectivity index is 1.89. The first kappa shape index (κ1) is 26.6. The number of para-hydroxylation sites is 1. The second-order valence-corrected chi connectivity index (χ2v) is 8.93. The molecule has 4 nitrogen and oxygen atoms in total. The summed E-state index contributed by atoms with van der Waals surface area (Å²) in [6.45, 7) is 3.93. The van der Waals surface area contributed by atoms with E-state index in [0.29, 0.717) is 6.54 Å². The SMILES string of the molecule is CCCCCCCCCCCCCCCCCCN(C)Cc1ccccc1[N+](=O)[O-]. The molecule has 0 amide bonds. The summed E-state index contributed by atoms with van der Waals surface area (Å²) in [5.74, 6) is 0. The van der Waals surface area contributed by atoms with Crippen molar-refractivity contribution in [2.45, 2.75) is 116 Å². The minimum atomic E-state index is -0.280. The summed E-state index contributed by atoms with van der Waals surface area (Å²) in [7, 11) is 2.06. The third-order valence-corrected chi connectivity index (χ3v) is 6.02. The number of hydrogen-bond donors (Lipinski definition) is 0. The first-order chi connectivity index (χ1) is 14.6. The van der Waals surface area contributed by atoms with Crippen LogP contribution in [-0.4, -0.2) is 23.4 Å². The average Bonchev–Trinajstić information content (AvgIpc) is 2.73. The maximum atomic E-state index is 11.1. The van der Waals surface area contributed by atoms with Gasteiger partial charge in [0, 0.05) is 18.2 Å². The van der Waals surface area contributed by atoms with E-state index in [9.17, 15) is 10.1 Å². The molecule has 0 bridgehead atoms. The monoisotopic (exact) mass is 418 g/mol. The Kier molecular flexibility index (Phi) is 16.3. The van der Waals surface area contributed by atoms with Gasteiger partial charge in [-0.05, 0) is 20.0 Å². The molecule has 0 aromatic heterocycles. The van der Waals surface area contributed by atoms with Gasteiger partial charge in [0.25, 0.3) is 5.69 Å². The lowest BCUT2D eigenvalue weighted by atomic mass is 10.0. The van der Waals surface area contributed by atoms with E-state index in [1.165, 1.54) is 103 Å². The molecule has 0 N–H and O–H groups in total. The zero-order chi connectivity index (χ0) is 21.9. The second-order valence-electron chi connectivity index (χ2n) is 8.93. The van der Waals surface area contributed by atoms with Gasteiger partial charge in [-0.2, -0.15) is 0 Å². The first-order valence-corrected chi connectivity index (χ1v) is 12.6. The summed E-state index contributed by atoms with van der Waals surface area (Å²) in [5.41, 5.74) is 1.04. The number of nitrogens with zero attached hydrogens (tertiary/aromatic N) is 2. The number of rotatable bonds is 20. The Bertz CT molecular complexity index is 548.